The molecular weight excluding hydrogens is 623 g/mol. The van der Waals surface area contributed by atoms with E-state index >= 15 is 0 Å². The quantitative estimate of drug-likeness (QED) is 0.179. The molecule has 242 valence electrons. The van der Waals surface area contributed by atoms with E-state index in [2.05, 4.69) is 115 Å². The third-order valence-electron chi connectivity index (χ3n) is 9.49. The molecule has 0 N–H and O–H groups in total. The van der Waals surface area contributed by atoms with Gasteiger partial charge in [0.2, 0.25) is 0 Å². The number of rotatable bonds is 6. The molecule has 0 saturated heterocycles. The van der Waals surface area contributed by atoms with Gasteiger partial charge < -0.3 is 4.57 Å². The van der Waals surface area contributed by atoms with Crippen LogP contribution in [0.2, 0.25) is 0 Å². The molecule has 0 saturated carbocycles. The van der Waals surface area contributed by atoms with Gasteiger partial charge in [-0.05, 0) is 79.1 Å². The molecule has 5 heteroatoms. The van der Waals surface area contributed by atoms with Crippen LogP contribution in [0.3, 0.4) is 0 Å². The normalized spacial score (nSPS) is 11.3. The van der Waals surface area contributed by atoms with E-state index in [0.29, 0.717) is 17.5 Å². The van der Waals surface area contributed by atoms with Crippen LogP contribution < -0.4 is 0 Å². The van der Waals surface area contributed by atoms with Crippen LogP contribution in [0.5, 0.6) is 0 Å². The van der Waals surface area contributed by atoms with Crippen molar-refractivity contribution in [1.82, 2.24) is 24.5 Å². The summed E-state index contributed by atoms with van der Waals surface area (Å²) in [6.07, 6.45) is 0. The summed E-state index contributed by atoms with van der Waals surface area (Å²) in [5.41, 5.74) is 12.6. The van der Waals surface area contributed by atoms with Gasteiger partial charge >= 0.3 is 0 Å². The van der Waals surface area contributed by atoms with Gasteiger partial charge in [-0.3, -0.25) is 4.98 Å². The first kappa shape index (κ1) is 30.3. The van der Waals surface area contributed by atoms with Gasteiger partial charge in [-0.2, -0.15) is 0 Å². The Balaban J connectivity index is 1.31. The number of aryl methyl sites for hydroxylation is 2. The van der Waals surface area contributed by atoms with Gasteiger partial charge in [0, 0.05) is 50.1 Å². The van der Waals surface area contributed by atoms with Crippen LogP contribution in [-0.2, 0) is 0 Å². The lowest BCUT2D eigenvalue weighted by Crippen LogP contribution is -2.01. The van der Waals surface area contributed by atoms with E-state index in [9.17, 15) is 0 Å². The fourth-order valence-electron chi connectivity index (χ4n) is 7.06. The summed E-state index contributed by atoms with van der Waals surface area (Å²) in [5, 5.41) is 2.38. The minimum atomic E-state index is 0.620. The zero-order valence-corrected chi connectivity index (χ0v) is 28.3. The SMILES string of the molecule is Cc1ccc(-c2ccc(-c3nc(-c4ccccc4)nc(-c4ccccc4)n3)c(-c3ccc4c(c3)c3ccccc3n4-c3ccccc3)c2)c(C)n1. The number of fused-ring (bicyclic) bond motifs is 3. The third kappa shape index (κ3) is 5.55. The highest BCUT2D eigenvalue weighted by Gasteiger charge is 2.19. The molecule has 0 radical (unpaired) electrons. The Morgan fingerprint density at radius 3 is 1.61 bits per heavy atom. The topological polar surface area (TPSA) is 56.5 Å². The molecule has 0 spiro atoms. The van der Waals surface area contributed by atoms with Gasteiger partial charge in [-0.25, -0.2) is 15.0 Å². The maximum absolute atomic E-state index is 5.13. The highest BCUT2D eigenvalue weighted by Crippen LogP contribution is 2.40. The van der Waals surface area contributed by atoms with E-state index in [4.69, 9.17) is 19.9 Å². The van der Waals surface area contributed by atoms with Gasteiger partial charge in [0.05, 0.1) is 11.0 Å². The summed E-state index contributed by atoms with van der Waals surface area (Å²) < 4.78 is 2.34. The summed E-state index contributed by atoms with van der Waals surface area (Å²) >= 11 is 0. The maximum Gasteiger partial charge on any atom is 0.164 e. The Morgan fingerprint density at radius 1 is 0.373 bits per heavy atom. The summed E-state index contributed by atoms with van der Waals surface area (Å²) in [6.45, 7) is 4.10. The second-order valence-electron chi connectivity index (χ2n) is 12.8. The van der Waals surface area contributed by atoms with Crippen molar-refractivity contribution < 1.29 is 0 Å². The Labute approximate surface area is 296 Å². The second-order valence-corrected chi connectivity index (χ2v) is 12.8. The number of benzene rings is 6. The zero-order chi connectivity index (χ0) is 34.3. The Hall–Kier alpha value is -6.72. The molecule has 3 aromatic heterocycles. The van der Waals surface area contributed by atoms with Crippen molar-refractivity contribution in [2.24, 2.45) is 0 Å². The van der Waals surface area contributed by atoms with Crippen molar-refractivity contribution in [2.75, 3.05) is 0 Å². The van der Waals surface area contributed by atoms with Crippen LogP contribution in [0.25, 0.3) is 83.9 Å². The monoisotopic (exact) mass is 655 g/mol. The molecule has 0 atom stereocenters. The number of aromatic nitrogens is 5. The average molecular weight is 656 g/mol. The summed E-state index contributed by atoms with van der Waals surface area (Å²) in [7, 11) is 0. The van der Waals surface area contributed by atoms with Crippen LogP contribution in [0.15, 0.2) is 164 Å². The van der Waals surface area contributed by atoms with E-state index in [1.165, 1.54) is 16.3 Å². The van der Waals surface area contributed by atoms with Crippen LogP contribution in [0.1, 0.15) is 11.4 Å². The van der Waals surface area contributed by atoms with Gasteiger partial charge in [0.15, 0.2) is 17.5 Å². The molecule has 0 aliphatic rings. The highest BCUT2D eigenvalue weighted by atomic mass is 15.0. The van der Waals surface area contributed by atoms with E-state index < -0.39 is 0 Å². The number of hydrogen-bond donors (Lipinski definition) is 0. The number of nitrogens with zero attached hydrogens (tertiary/aromatic N) is 5. The third-order valence-corrected chi connectivity index (χ3v) is 9.49. The van der Waals surface area contributed by atoms with E-state index in [1.807, 2.05) is 67.6 Å². The van der Waals surface area contributed by atoms with E-state index in [0.717, 1.165) is 61.5 Å². The molecule has 9 aromatic rings. The van der Waals surface area contributed by atoms with Crippen LogP contribution in [-0.4, -0.2) is 24.5 Å². The summed E-state index contributed by atoms with van der Waals surface area (Å²) in [5.74, 6) is 1.89. The summed E-state index contributed by atoms with van der Waals surface area (Å²) in [4.78, 5) is 20.0. The van der Waals surface area contributed by atoms with Crippen LogP contribution >= 0.6 is 0 Å². The Kier molecular flexibility index (Phi) is 7.51. The lowest BCUT2D eigenvalue weighted by atomic mass is 9.92. The number of para-hydroxylation sites is 2. The molecule has 0 amide bonds. The first-order valence-corrected chi connectivity index (χ1v) is 17.2. The molecule has 0 aliphatic carbocycles. The molecule has 5 nitrogen and oxygen atoms in total. The lowest BCUT2D eigenvalue weighted by molar-refractivity contribution is 1.07. The molecule has 6 aromatic carbocycles. The van der Waals surface area contributed by atoms with E-state index in [-0.39, 0.29) is 0 Å². The molecule has 0 bridgehead atoms. The highest BCUT2D eigenvalue weighted by molar-refractivity contribution is 6.10. The van der Waals surface area contributed by atoms with Crippen molar-refractivity contribution in [1.29, 1.82) is 0 Å². The van der Waals surface area contributed by atoms with E-state index in [1.54, 1.807) is 0 Å². The largest absolute Gasteiger partial charge is 0.309 e. The van der Waals surface area contributed by atoms with Gasteiger partial charge in [0.1, 0.15) is 0 Å². The first-order chi connectivity index (χ1) is 25.1. The van der Waals surface area contributed by atoms with Crippen molar-refractivity contribution in [3.63, 3.8) is 0 Å². The van der Waals surface area contributed by atoms with Crippen molar-refractivity contribution >= 4 is 21.8 Å². The van der Waals surface area contributed by atoms with Crippen LogP contribution in [0.4, 0.5) is 0 Å². The molecule has 0 fully saturated rings. The van der Waals surface area contributed by atoms with Gasteiger partial charge in [-0.1, -0.05) is 115 Å². The predicted molar refractivity (Wildman–Crippen MR) is 209 cm³/mol. The molecule has 51 heavy (non-hydrogen) atoms. The molecule has 0 unspecified atom stereocenters. The predicted octanol–water partition coefficient (Wildman–Crippen LogP) is 11.3. The number of hydrogen-bond acceptors (Lipinski definition) is 4. The molecule has 3 heterocycles. The lowest BCUT2D eigenvalue weighted by Gasteiger charge is -2.15. The van der Waals surface area contributed by atoms with Crippen molar-refractivity contribution in [3.05, 3.63) is 175 Å². The van der Waals surface area contributed by atoms with Gasteiger partial charge in [-0.15, -0.1) is 0 Å². The maximum atomic E-state index is 5.13. The Morgan fingerprint density at radius 2 is 0.922 bits per heavy atom. The zero-order valence-electron chi connectivity index (χ0n) is 28.3. The smallest absolute Gasteiger partial charge is 0.164 e. The summed E-state index contributed by atoms with van der Waals surface area (Å²) in [6, 6.07) is 57.0. The fraction of sp³-hybridized carbons (Fsp3) is 0.0435. The second kappa shape index (κ2) is 12.6. The van der Waals surface area contributed by atoms with Crippen molar-refractivity contribution in [3.8, 4) is 62.1 Å². The standard InChI is InChI=1S/C46H33N5/c1-30-22-25-37(31(2)47-30)34-23-26-39(46-49-44(32-14-6-3-7-15-32)48-45(50-46)33-16-8-4-9-17-33)40(28-34)35-24-27-43-41(29-35)38-20-12-13-21-42(38)51(43)36-18-10-5-11-19-36/h3-29H,1-2H3. The minimum Gasteiger partial charge on any atom is -0.309 e. The molecule has 0 aliphatic heterocycles. The number of pyridine rings is 1. The average Bonchev–Trinajstić information content (AvgIpc) is 3.52. The first-order valence-electron chi connectivity index (χ1n) is 17.2. The molecular formula is C46H33N5. The minimum absolute atomic E-state index is 0.620. The van der Waals surface area contributed by atoms with Crippen LogP contribution in [0, 0.1) is 13.8 Å². The fourth-order valence-corrected chi connectivity index (χ4v) is 7.06. The van der Waals surface area contributed by atoms with Crippen molar-refractivity contribution in [2.45, 2.75) is 13.8 Å². The molecule has 9 rings (SSSR count). The van der Waals surface area contributed by atoms with Gasteiger partial charge in [0.25, 0.3) is 0 Å². The Bertz CT molecular complexity index is 2640.